The van der Waals surface area contributed by atoms with Crippen molar-refractivity contribution in [1.82, 2.24) is 10.3 Å². The van der Waals surface area contributed by atoms with Crippen molar-refractivity contribution in [3.05, 3.63) is 71.1 Å². The molecule has 0 aliphatic heterocycles. The molecule has 0 saturated carbocycles. The summed E-state index contributed by atoms with van der Waals surface area (Å²) in [5.74, 6) is 0. The highest BCUT2D eigenvalue weighted by Crippen LogP contribution is 2.24. The van der Waals surface area contributed by atoms with Crippen LogP contribution in [0, 0.1) is 6.92 Å². The molecular formula is C20H21N3OS. The number of carbonyl (C=O) groups is 1. The molecule has 5 heteroatoms. The van der Waals surface area contributed by atoms with E-state index < -0.39 is 0 Å². The normalized spacial score (nSPS) is 10.4. The summed E-state index contributed by atoms with van der Waals surface area (Å²) >= 11 is 1.43. The predicted octanol–water partition coefficient (Wildman–Crippen LogP) is 4.87. The average Bonchev–Trinajstić information content (AvgIpc) is 3.09. The van der Waals surface area contributed by atoms with Crippen molar-refractivity contribution in [2.75, 3.05) is 11.9 Å². The Labute approximate surface area is 151 Å². The van der Waals surface area contributed by atoms with Gasteiger partial charge in [0.15, 0.2) is 5.13 Å². The molecule has 2 amide bonds. The zero-order valence-electron chi connectivity index (χ0n) is 14.2. The Morgan fingerprint density at radius 3 is 2.60 bits per heavy atom. The molecule has 0 fully saturated rings. The second-order valence-electron chi connectivity index (χ2n) is 5.87. The number of nitrogens with one attached hydrogen (secondary N) is 2. The Bertz CT molecular complexity index is 812. The molecule has 2 aromatic carbocycles. The molecule has 0 aliphatic rings. The minimum absolute atomic E-state index is 0.210. The minimum Gasteiger partial charge on any atom is -0.338 e. The molecule has 2 N–H and O–H groups in total. The van der Waals surface area contributed by atoms with Gasteiger partial charge in [0.2, 0.25) is 0 Å². The van der Waals surface area contributed by atoms with E-state index >= 15 is 0 Å². The van der Waals surface area contributed by atoms with Gasteiger partial charge in [0.25, 0.3) is 0 Å². The van der Waals surface area contributed by atoms with Crippen LogP contribution < -0.4 is 10.6 Å². The molecule has 1 aromatic heterocycles. The quantitative estimate of drug-likeness (QED) is 0.622. The van der Waals surface area contributed by atoms with E-state index in [9.17, 15) is 4.79 Å². The molecule has 0 radical (unpaired) electrons. The van der Waals surface area contributed by atoms with Gasteiger partial charge in [-0.25, -0.2) is 9.78 Å². The van der Waals surface area contributed by atoms with Crippen LogP contribution in [0.15, 0.2) is 60.0 Å². The molecule has 0 aliphatic carbocycles. The predicted molar refractivity (Wildman–Crippen MR) is 104 cm³/mol. The summed E-state index contributed by atoms with van der Waals surface area (Å²) in [5.41, 5.74) is 4.43. The van der Waals surface area contributed by atoms with Gasteiger partial charge in [0.05, 0.1) is 5.69 Å². The molecule has 0 unspecified atom stereocenters. The number of urea groups is 1. The monoisotopic (exact) mass is 351 g/mol. The summed E-state index contributed by atoms with van der Waals surface area (Å²) in [5, 5.41) is 8.24. The van der Waals surface area contributed by atoms with Gasteiger partial charge in [-0.2, -0.15) is 0 Å². The summed E-state index contributed by atoms with van der Waals surface area (Å²) in [6.45, 7) is 2.69. The maximum Gasteiger partial charge on any atom is 0.321 e. The van der Waals surface area contributed by atoms with Crippen molar-refractivity contribution in [3.63, 3.8) is 0 Å². The van der Waals surface area contributed by atoms with Crippen LogP contribution in [0.3, 0.4) is 0 Å². The van der Waals surface area contributed by atoms with Crippen molar-refractivity contribution >= 4 is 22.5 Å². The van der Waals surface area contributed by atoms with Crippen molar-refractivity contribution in [3.8, 4) is 11.3 Å². The Morgan fingerprint density at radius 2 is 1.84 bits per heavy atom. The van der Waals surface area contributed by atoms with E-state index in [1.807, 2.05) is 35.7 Å². The first-order valence-corrected chi connectivity index (χ1v) is 9.20. The zero-order valence-corrected chi connectivity index (χ0v) is 15.0. The topological polar surface area (TPSA) is 54.0 Å². The third-order valence-electron chi connectivity index (χ3n) is 3.84. The number of aryl methyl sites for hydroxylation is 2. The third-order valence-corrected chi connectivity index (χ3v) is 4.60. The van der Waals surface area contributed by atoms with Crippen LogP contribution in [0.2, 0.25) is 0 Å². The first-order valence-electron chi connectivity index (χ1n) is 8.32. The highest BCUT2D eigenvalue weighted by Gasteiger charge is 2.07. The van der Waals surface area contributed by atoms with Crippen LogP contribution in [0.4, 0.5) is 9.93 Å². The lowest BCUT2D eigenvalue weighted by Gasteiger charge is -2.05. The van der Waals surface area contributed by atoms with E-state index in [1.165, 1.54) is 22.5 Å². The van der Waals surface area contributed by atoms with Gasteiger partial charge in [-0.1, -0.05) is 60.2 Å². The van der Waals surface area contributed by atoms with Crippen LogP contribution in [-0.2, 0) is 6.42 Å². The van der Waals surface area contributed by atoms with Gasteiger partial charge in [0, 0.05) is 17.5 Å². The number of nitrogens with zero attached hydrogens (tertiary/aromatic N) is 1. The number of rotatable bonds is 6. The van der Waals surface area contributed by atoms with Gasteiger partial charge in [-0.15, -0.1) is 11.3 Å². The summed E-state index contributed by atoms with van der Waals surface area (Å²) in [6, 6.07) is 18.3. The second-order valence-corrected chi connectivity index (χ2v) is 6.73. The van der Waals surface area contributed by atoms with Crippen molar-refractivity contribution in [2.45, 2.75) is 19.8 Å². The third kappa shape index (κ3) is 5.16. The Balaban J connectivity index is 1.44. The molecule has 0 bridgehead atoms. The smallest absolute Gasteiger partial charge is 0.321 e. The van der Waals surface area contributed by atoms with Crippen LogP contribution in [0.25, 0.3) is 11.3 Å². The largest absolute Gasteiger partial charge is 0.338 e. The lowest BCUT2D eigenvalue weighted by Crippen LogP contribution is -2.29. The number of amides is 2. The van der Waals surface area contributed by atoms with E-state index in [1.54, 1.807) is 0 Å². The number of aromatic nitrogens is 1. The van der Waals surface area contributed by atoms with E-state index in [0.29, 0.717) is 11.7 Å². The molecule has 0 atom stereocenters. The molecule has 3 aromatic rings. The van der Waals surface area contributed by atoms with E-state index in [-0.39, 0.29) is 6.03 Å². The fourth-order valence-corrected chi connectivity index (χ4v) is 3.18. The van der Waals surface area contributed by atoms with Gasteiger partial charge >= 0.3 is 6.03 Å². The lowest BCUT2D eigenvalue weighted by atomic mass is 10.1. The Hall–Kier alpha value is -2.66. The molecule has 128 valence electrons. The van der Waals surface area contributed by atoms with Gasteiger partial charge in [-0.3, -0.25) is 5.32 Å². The standard InChI is InChI=1S/C20H21N3OS/c1-15-9-11-17(12-10-15)18-14-25-20(22-18)23-19(24)21-13-5-8-16-6-3-2-4-7-16/h2-4,6-7,9-12,14H,5,8,13H2,1H3,(H2,21,22,23,24). The highest BCUT2D eigenvalue weighted by molar-refractivity contribution is 7.14. The highest BCUT2D eigenvalue weighted by atomic mass is 32.1. The average molecular weight is 351 g/mol. The Kier molecular flexibility index (Phi) is 5.80. The number of thiazole rings is 1. The van der Waals surface area contributed by atoms with Gasteiger partial charge in [-0.05, 0) is 25.3 Å². The van der Waals surface area contributed by atoms with Gasteiger partial charge in [0.1, 0.15) is 0 Å². The molecule has 0 spiro atoms. The van der Waals surface area contributed by atoms with Crippen LogP contribution in [0.1, 0.15) is 17.5 Å². The molecule has 25 heavy (non-hydrogen) atoms. The summed E-state index contributed by atoms with van der Waals surface area (Å²) < 4.78 is 0. The van der Waals surface area contributed by atoms with Crippen LogP contribution >= 0.6 is 11.3 Å². The molecule has 4 nitrogen and oxygen atoms in total. The number of hydrogen-bond donors (Lipinski definition) is 2. The first kappa shape index (κ1) is 17.2. The number of anilines is 1. The molecule has 1 heterocycles. The Morgan fingerprint density at radius 1 is 1.08 bits per heavy atom. The van der Waals surface area contributed by atoms with E-state index in [2.05, 4.69) is 46.8 Å². The van der Waals surface area contributed by atoms with Crippen molar-refractivity contribution in [1.29, 1.82) is 0 Å². The lowest BCUT2D eigenvalue weighted by molar-refractivity contribution is 0.252. The maximum absolute atomic E-state index is 12.0. The second kappa shape index (κ2) is 8.44. The SMILES string of the molecule is Cc1ccc(-c2csc(NC(=O)NCCCc3ccccc3)n2)cc1. The molecular weight excluding hydrogens is 330 g/mol. The number of hydrogen-bond acceptors (Lipinski definition) is 3. The van der Waals surface area contributed by atoms with Gasteiger partial charge < -0.3 is 5.32 Å². The fourth-order valence-electron chi connectivity index (χ4n) is 2.47. The van der Waals surface area contributed by atoms with E-state index in [4.69, 9.17) is 0 Å². The van der Waals surface area contributed by atoms with Crippen molar-refractivity contribution in [2.24, 2.45) is 0 Å². The molecule has 0 saturated heterocycles. The zero-order chi connectivity index (χ0) is 17.5. The summed E-state index contributed by atoms with van der Waals surface area (Å²) in [4.78, 5) is 16.4. The summed E-state index contributed by atoms with van der Waals surface area (Å²) in [7, 11) is 0. The fraction of sp³-hybridized carbons (Fsp3) is 0.200. The maximum atomic E-state index is 12.0. The van der Waals surface area contributed by atoms with Crippen LogP contribution in [-0.4, -0.2) is 17.6 Å². The van der Waals surface area contributed by atoms with Crippen LogP contribution in [0.5, 0.6) is 0 Å². The van der Waals surface area contributed by atoms with Crippen molar-refractivity contribution < 1.29 is 4.79 Å². The minimum atomic E-state index is -0.210. The molecule has 3 rings (SSSR count). The summed E-state index contributed by atoms with van der Waals surface area (Å²) in [6.07, 6.45) is 1.86. The first-order chi connectivity index (χ1) is 12.2. The number of carbonyl (C=O) groups excluding carboxylic acids is 1. The van der Waals surface area contributed by atoms with E-state index in [0.717, 1.165) is 24.1 Å². The number of benzene rings is 2.